The molecule has 0 saturated carbocycles. The van der Waals surface area contributed by atoms with Crippen molar-refractivity contribution in [3.8, 4) is 0 Å². The zero-order valence-corrected chi connectivity index (χ0v) is 17.3. The van der Waals surface area contributed by atoms with Crippen LogP contribution < -0.4 is 10.6 Å². The second-order valence-electron chi connectivity index (χ2n) is 7.28. The van der Waals surface area contributed by atoms with E-state index in [-0.39, 0.29) is 12.5 Å². The maximum atomic E-state index is 11.9. The molecule has 0 unspecified atom stereocenters. The third-order valence-electron chi connectivity index (χ3n) is 4.85. The van der Waals surface area contributed by atoms with Crippen LogP contribution in [-0.4, -0.2) is 48.9 Å². The Morgan fingerprint density at radius 2 is 1.86 bits per heavy atom. The van der Waals surface area contributed by atoms with Crippen molar-refractivity contribution in [3.05, 3.63) is 71.4 Å². The molecule has 3 rings (SSSR count). The predicted octanol–water partition coefficient (Wildman–Crippen LogP) is 2.84. The number of rotatable bonds is 7. The predicted molar refractivity (Wildman–Crippen MR) is 119 cm³/mol. The van der Waals surface area contributed by atoms with E-state index in [4.69, 9.17) is 0 Å². The number of likely N-dealkylation sites (N-methyl/N-ethyl adjacent to an activating group) is 1. The summed E-state index contributed by atoms with van der Waals surface area (Å²) in [6, 6.07) is 16.4. The number of nitrogens with zero attached hydrogens (tertiary/aromatic N) is 2. The molecular formula is C23H29N5O. The molecule has 152 valence electrons. The topological polar surface area (TPSA) is 72.5 Å². The highest BCUT2D eigenvalue weighted by Gasteiger charge is 2.08. The summed E-state index contributed by atoms with van der Waals surface area (Å²) in [6.07, 6.45) is 2.93. The molecule has 1 amide bonds. The lowest BCUT2D eigenvalue weighted by Crippen LogP contribution is -2.43. The van der Waals surface area contributed by atoms with E-state index in [1.807, 2.05) is 30.3 Å². The van der Waals surface area contributed by atoms with Crippen LogP contribution in [0.25, 0.3) is 10.9 Å². The molecule has 2 aromatic carbocycles. The van der Waals surface area contributed by atoms with Crippen LogP contribution in [-0.2, 0) is 17.8 Å². The first-order chi connectivity index (χ1) is 14.0. The van der Waals surface area contributed by atoms with Crippen molar-refractivity contribution in [1.82, 2.24) is 20.5 Å². The molecule has 0 radical (unpaired) electrons. The molecule has 0 aliphatic rings. The SMILES string of the molecule is Cc1cccc2[nH]cc(CCNC(=NCc3ccccc3)NCC(=O)N(C)C)c12. The number of aromatic nitrogens is 1. The fourth-order valence-electron chi connectivity index (χ4n) is 3.21. The molecule has 0 aliphatic heterocycles. The van der Waals surface area contributed by atoms with Gasteiger partial charge in [0.25, 0.3) is 0 Å². The summed E-state index contributed by atoms with van der Waals surface area (Å²) in [5.74, 6) is 0.645. The van der Waals surface area contributed by atoms with E-state index in [2.05, 4.69) is 51.9 Å². The Bertz CT molecular complexity index is 975. The van der Waals surface area contributed by atoms with Crippen molar-refractivity contribution < 1.29 is 4.79 Å². The Balaban J connectivity index is 1.64. The molecule has 3 aromatic rings. The molecule has 6 nitrogen and oxygen atoms in total. The summed E-state index contributed by atoms with van der Waals surface area (Å²) in [4.78, 5) is 21.5. The first kappa shape index (κ1) is 20.5. The first-order valence-electron chi connectivity index (χ1n) is 9.86. The molecule has 6 heteroatoms. The average molecular weight is 392 g/mol. The second kappa shape index (κ2) is 9.78. The molecule has 3 N–H and O–H groups in total. The second-order valence-corrected chi connectivity index (χ2v) is 7.28. The van der Waals surface area contributed by atoms with Gasteiger partial charge >= 0.3 is 0 Å². The van der Waals surface area contributed by atoms with Gasteiger partial charge in [0.15, 0.2) is 5.96 Å². The van der Waals surface area contributed by atoms with Gasteiger partial charge in [0, 0.05) is 37.7 Å². The fraction of sp³-hybridized carbons (Fsp3) is 0.304. The van der Waals surface area contributed by atoms with Gasteiger partial charge in [0.05, 0.1) is 13.1 Å². The molecule has 0 fully saturated rings. The number of guanidine groups is 1. The number of carbonyl (C=O) groups excluding carboxylic acids is 1. The van der Waals surface area contributed by atoms with Crippen LogP contribution in [0.2, 0.25) is 0 Å². The minimum Gasteiger partial charge on any atom is -0.361 e. The fourth-order valence-corrected chi connectivity index (χ4v) is 3.21. The summed E-state index contributed by atoms with van der Waals surface area (Å²) in [5, 5.41) is 7.79. The standard InChI is InChI=1S/C23H29N5O/c1-17-8-7-11-20-22(17)19(15-25-20)12-13-24-23(27-16-21(29)28(2)3)26-14-18-9-5-4-6-10-18/h4-11,15,25H,12-14,16H2,1-3H3,(H2,24,26,27). The number of amides is 1. The lowest BCUT2D eigenvalue weighted by atomic mass is 10.1. The van der Waals surface area contributed by atoms with Crippen molar-refractivity contribution >= 4 is 22.8 Å². The van der Waals surface area contributed by atoms with Gasteiger partial charge in [-0.15, -0.1) is 0 Å². The number of nitrogens with one attached hydrogen (secondary N) is 3. The zero-order chi connectivity index (χ0) is 20.6. The molecule has 0 bridgehead atoms. The Hall–Kier alpha value is -3.28. The highest BCUT2D eigenvalue weighted by atomic mass is 16.2. The van der Waals surface area contributed by atoms with E-state index >= 15 is 0 Å². The van der Waals surface area contributed by atoms with Crippen molar-refractivity contribution in [2.24, 2.45) is 4.99 Å². The van der Waals surface area contributed by atoms with Gasteiger partial charge in [-0.3, -0.25) is 4.79 Å². The minimum absolute atomic E-state index is 0.00599. The molecule has 1 heterocycles. The number of hydrogen-bond acceptors (Lipinski definition) is 2. The van der Waals surface area contributed by atoms with Crippen LogP contribution in [0.4, 0.5) is 0 Å². The largest absolute Gasteiger partial charge is 0.361 e. The van der Waals surface area contributed by atoms with Crippen LogP contribution in [0.1, 0.15) is 16.7 Å². The van der Waals surface area contributed by atoms with E-state index < -0.39 is 0 Å². The summed E-state index contributed by atoms with van der Waals surface area (Å²) in [6.45, 7) is 3.62. The number of H-pyrrole nitrogens is 1. The Labute approximate surface area is 172 Å². The number of aromatic amines is 1. The molecule has 0 spiro atoms. The van der Waals surface area contributed by atoms with Gasteiger partial charge in [-0.05, 0) is 36.1 Å². The van der Waals surface area contributed by atoms with Crippen LogP contribution in [0.3, 0.4) is 0 Å². The summed E-state index contributed by atoms with van der Waals surface area (Å²) in [5.41, 5.74) is 4.83. The van der Waals surface area contributed by atoms with E-state index in [1.54, 1.807) is 19.0 Å². The van der Waals surface area contributed by atoms with Gasteiger partial charge in [-0.1, -0.05) is 42.5 Å². The molecule has 29 heavy (non-hydrogen) atoms. The van der Waals surface area contributed by atoms with Crippen LogP contribution in [0, 0.1) is 6.92 Å². The maximum Gasteiger partial charge on any atom is 0.241 e. The average Bonchev–Trinajstić information content (AvgIpc) is 3.14. The van der Waals surface area contributed by atoms with Gasteiger partial charge < -0.3 is 20.5 Å². The normalized spacial score (nSPS) is 11.5. The number of fused-ring (bicyclic) bond motifs is 1. The van der Waals surface area contributed by atoms with Crippen LogP contribution in [0.15, 0.2) is 59.7 Å². The third-order valence-corrected chi connectivity index (χ3v) is 4.85. The molecule has 1 aromatic heterocycles. The highest BCUT2D eigenvalue weighted by Crippen LogP contribution is 2.22. The quantitative estimate of drug-likeness (QED) is 0.428. The van der Waals surface area contributed by atoms with Crippen LogP contribution in [0.5, 0.6) is 0 Å². The lowest BCUT2D eigenvalue weighted by molar-refractivity contribution is -0.127. The van der Waals surface area contributed by atoms with E-state index in [9.17, 15) is 4.79 Å². The number of aliphatic imine (C=N–C) groups is 1. The minimum atomic E-state index is 0.00599. The van der Waals surface area contributed by atoms with E-state index in [1.165, 1.54) is 16.5 Å². The Morgan fingerprint density at radius 3 is 2.62 bits per heavy atom. The van der Waals surface area contributed by atoms with Crippen molar-refractivity contribution in [3.63, 3.8) is 0 Å². The lowest BCUT2D eigenvalue weighted by Gasteiger charge is -2.15. The van der Waals surface area contributed by atoms with Gasteiger partial charge in [-0.25, -0.2) is 4.99 Å². The zero-order valence-electron chi connectivity index (χ0n) is 17.3. The molecule has 0 saturated heterocycles. The summed E-state index contributed by atoms with van der Waals surface area (Å²) in [7, 11) is 3.50. The van der Waals surface area contributed by atoms with E-state index in [0.29, 0.717) is 12.5 Å². The number of benzene rings is 2. The van der Waals surface area contributed by atoms with Gasteiger partial charge in [0.2, 0.25) is 5.91 Å². The Kier molecular flexibility index (Phi) is 6.89. The number of hydrogen-bond donors (Lipinski definition) is 3. The van der Waals surface area contributed by atoms with Crippen molar-refractivity contribution in [1.29, 1.82) is 0 Å². The monoisotopic (exact) mass is 391 g/mol. The third kappa shape index (κ3) is 5.60. The van der Waals surface area contributed by atoms with Crippen LogP contribution >= 0.6 is 0 Å². The van der Waals surface area contributed by atoms with Crippen molar-refractivity contribution in [2.45, 2.75) is 19.9 Å². The van der Waals surface area contributed by atoms with Gasteiger partial charge in [-0.2, -0.15) is 0 Å². The molecule has 0 atom stereocenters. The van der Waals surface area contributed by atoms with Crippen molar-refractivity contribution in [2.75, 3.05) is 27.2 Å². The number of carbonyl (C=O) groups is 1. The molecule has 0 aliphatic carbocycles. The summed E-state index contributed by atoms with van der Waals surface area (Å²) < 4.78 is 0. The Morgan fingerprint density at radius 1 is 1.07 bits per heavy atom. The summed E-state index contributed by atoms with van der Waals surface area (Å²) >= 11 is 0. The first-order valence-corrected chi connectivity index (χ1v) is 9.86. The van der Waals surface area contributed by atoms with E-state index in [0.717, 1.165) is 24.0 Å². The number of aryl methyl sites for hydroxylation is 1. The highest BCUT2D eigenvalue weighted by molar-refractivity contribution is 5.87. The van der Waals surface area contributed by atoms with Gasteiger partial charge in [0.1, 0.15) is 0 Å². The smallest absolute Gasteiger partial charge is 0.241 e. The maximum absolute atomic E-state index is 11.9. The molecular weight excluding hydrogens is 362 g/mol.